The summed E-state index contributed by atoms with van der Waals surface area (Å²) in [7, 11) is -2.69. The number of aryl methyl sites for hydroxylation is 1. The lowest BCUT2D eigenvalue weighted by Gasteiger charge is -2.27. The Hall–Kier alpha value is -2.91. The topological polar surface area (TPSA) is 81.5 Å². The van der Waals surface area contributed by atoms with E-state index >= 15 is 0 Å². The van der Waals surface area contributed by atoms with Crippen LogP contribution in [0.1, 0.15) is 30.6 Å². The third kappa shape index (κ3) is 4.42. The van der Waals surface area contributed by atoms with E-state index in [1.165, 1.54) is 7.11 Å². The maximum atomic E-state index is 13.5. The Bertz CT molecular complexity index is 1310. The smallest absolute Gasteiger partial charge is 0.328 e. The molecule has 1 aliphatic rings. The molecule has 0 amide bonds. The minimum absolute atomic E-state index is 0.00660. The Morgan fingerprint density at radius 1 is 1.21 bits per heavy atom. The fourth-order valence-corrected chi connectivity index (χ4v) is 6.63. The van der Waals surface area contributed by atoms with Crippen molar-refractivity contribution in [3.8, 4) is 0 Å². The molecule has 1 unspecified atom stereocenters. The van der Waals surface area contributed by atoms with Crippen molar-refractivity contribution < 1.29 is 22.3 Å². The first-order chi connectivity index (χ1) is 16.1. The maximum absolute atomic E-state index is 13.5. The number of sulfone groups is 1. The molecule has 2 aromatic carbocycles. The number of carbonyl (C=O) groups excluding carboxylic acids is 1. The molecule has 2 heterocycles. The fourth-order valence-electron chi connectivity index (χ4n) is 4.40. The van der Waals surface area contributed by atoms with Gasteiger partial charge in [0.15, 0.2) is 9.84 Å². The number of methoxy groups -OCH3 is 1. The Labute approximate surface area is 203 Å². The highest BCUT2D eigenvalue weighted by Crippen LogP contribution is 2.36. The van der Waals surface area contributed by atoms with Crippen molar-refractivity contribution in [1.82, 2.24) is 9.78 Å². The molecule has 1 fully saturated rings. The van der Waals surface area contributed by atoms with Gasteiger partial charge in [-0.25, -0.2) is 22.3 Å². The van der Waals surface area contributed by atoms with Crippen LogP contribution in [0.15, 0.2) is 59.5 Å². The van der Waals surface area contributed by atoms with Crippen LogP contribution in [0.25, 0.3) is 0 Å². The zero-order valence-corrected chi connectivity index (χ0v) is 20.6. The largest absolute Gasteiger partial charge is 0.467 e. The second kappa shape index (κ2) is 9.38. The number of halogens is 2. The van der Waals surface area contributed by atoms with E-state index in [1.807, 2.05) is 50.2 Å². The van der Waals surface area contributed by atoms with E-state index in [2.05, 4.69) is 5.10 Å². The van der Waals surface area contributed by atoms with Gasteiger partial charge in [0.05, 0.1) is 34.0 Å². The molecule has 1 aliphatic heterocycles. The van der Waals surface area contributed by atoms with Crippen molar-refractivity contribution in [2.75, 3.05) is 18.6 Å². The van der Waals surface area contributed by atoms with Gasteiger partial charge in [0, 0.05) is 12.6 Å². The summed E-state index contributed by atoms with van der Waals surface area (Å²) in [6.45, 7) is 3.86. The Balaban J connectivity index is 1.74. The van der Waals surface area contributed by atoms with Crippen molar-refractivity contribution in [2.24, 2.45) is 0 Å². The van der Waals surface area contributed by atoms with Crippen molar-refractivity contribution in [2.45, 2.75) is 42.5 Å². The normalized spacial score (nSPS) is 19.3. The van der Waals surface area contributed by atoms with E-state index in [0.29, 0.717) is 5.82 Å². The molecule has 10 heteroatoms. The molecule has 180 valence electrons. The van der Waals surface area contributed by atoms with Crippen LogP contribution in [0.5, 0.6) is 0 Å². The first kappa shape index (κ1) is 24.2. The van der Waals surface area contributed by atoms with Crippen molar-refractivity contribution >= 4 is 33.2 Å². The van der Waals surface area contributed by atoms with E-state index in [1.54, 1.807) is 9.58 Å². The third-order valence-electron chi connectivity index (χ3n) is 6.16. The summed E-state index contributed by atoms with van der Waals surface area (Å²) in [5.74, 6) is -0.550. The van der Waals surface area contributed by atoms with Gasteiger partial charge in [-0.3, -0.25) is 0 Å². The summed E-state index contributed by atoms with van der Waals surface area (Å²) in [6, 6.07) is 13.8. The molecule has 3 aromatic rings. The number of hydrogen-bond acceptors (Lipinski definition) is 6. The monoisotopic (exact) mass is 505 g/mol. The standard InChI is InChI=1S/C24H25ClFN3O4S/c1-15-11-23(29(27-15)16(2)17-7-5-4-6-8-17)28-14-19(13-21(28)24(30)33-3)34(31,32)22-10-9-18(26)12-20(22)25/h4-12,16,19,21H,13-14H2,1-3H3/t16?,19-,21+/m1/s1. The van der Waals surface area contributed by atoms with Gasteiger partial charge in [0.1, 0.15) is 17.7 Å². The summed E-state index contributed by atoms with van der Waals surface area (Å²) < 4.78 is 47.2. The highest BCUT2D eigenvalue weighted by molar-refractivity contribution is 7.92. The predicted molar refractivity (Wildman–Crippen MR) is 127 cm³/mol. The van der Waals surface area contributed by atoms with Crippen molar-refractivity contribution in [3.63, 3.8) is 0 Å². The first-order valence-electron chi connectivity index (χ1n) is 10.8. The quantitative estimate of drug-likeness (QED) is 0.369. The Morgan fingerprint density at radius 3 is 2.56 bits per heavy atom. The lowest BCUT2D eigenvalue weighted by Crippen LogP contribution is -2.38. The molecule has 0 spiro atoms. The number of aromatic nitrogens is 2. The van der Waals surface area contributed by atoms with Gasteiger partial charge in [-0.2, -0.15) is 5.10 Å². The van der Waals surface area contributed by atoms with Crippen LogP contribution in [-0.4, -0.2) is 49.1 Å². The zero-order chi connectivity index (χ0) is 24.6. The van der Waals surface area contributed by atoms with Crippen LogP contribution < -0.4 is 4.90 Å². The van der Waals surface area contributed by atoms with E-state index < -0.39 is 32.9 Å². The molecule has 0 saturated carbocycles. The van der Waals surface area contributed by atoms with Gasteiger partial charge in [-0.1, -0.05) is 41.9 Å². The van der Waals surface area contributed by atoms with Crippen LogP contribution in [0.2, 0.25) is 5.02 Å². The van der Waals surface area contributed by atoms with Crippen LogP contribution in [0.3, 0.4) is 0 Å². The fraction of sp³-hybridized carbons (Fsp3) is 0.333. The average molecular weight is 506 g/mol. The maximum Gasteiger partial charge on any atom is 0.328 e. The first-order valence-corrected chi connectivity index (χ1v) is 12.7. The number of nitrogens with zero attached hydrogens (tertiary/aromatic N) is 3. The van der Waals surface area contributed by atoms with Crippen molar-refractivity contribution in [1.29, 1.82) is 0 Å². The second-order valence-corrected chi connectivity index (χ2v) is 10.9. The molecule has 7 nitrogen and oxygen atoms in total. The number of anilines is 1. The number of esters is 1. The molecule has 0 radical (unpaired) electrons. The van der Waals surface area contributed by atoms with E-state index in [-0.39, 0.29) is 28.9 Å². The van der Waals surface area contributed by atoms with Gasteiger partial charge in [-0.15, -0.1) is 0 Å². The number of ether oxygens (including phenoxy) is 1. The molecule has 1 aromatic heterocycles. The predicted octanol–water partition coefficient (Wildman–Crippen LogP) is 4.19. The Kier molecular flexibility index (Phi) is 6.69. The number of rotatable bonds is 6. The van der Waals surface area contributed by atoms with E-state index in [4.69, 9.17) is 16.3 Å². The van der Waals surface area contributed by atoms with Gasteiger partial charge >= 0.3 is 5.97 Å². The lowest BCUT2D eigenvalue weighted by molar-refractivity contribution is -0.141. The van der Waals surface area contributed by atoms with Crippen LogP contribution in [0.4, 0.5) is 10.2 Å². The highest BCUT2D eigenvalue weighted by atomic mass is 35.5. The molecule has 0 bridgehead atoms. The van der Waals surface area contributed by atoms with Crippen LogP contribution >= 0.6 is 11.6 Å². The van der Waals surface area contributed by atoms with Crippen molar-refractivity contribution in [3.05, 3.63) is 76.7 Å². The lowest BCUT2D eigenvalue weighted by atomic mass is 10.1. The third-order valence-corrected chi connectivity index (χ3v) is 8.77. The molecule has 0 N–H and O–H groups in total. The summed E-state index contributed by atoms with van der Waals surface area (Å²) in [5.41, 5.74) is 1.75. The second-order valence-electron chi connectivity index (χ2n) is 8.34. The summed E-state index contributed by atoms with van der Waals surface area (Å²) in [6.07, 6.45) is 0.00660. The average Bonchev–Trinajstić information content (AvgIpc) is 3.42. The highest BCUT2D eigenvalue weighted by Gasteiger charge is 2.45. The molecule has 4 rings (SSSR count). The van der Waals surface area contributed by atoms with Gasteiger partial charge in [0.25, 0.3) is 0 Å². The summed E-state index contributed by atoms with van der Waals surface area (Å²) in [5, 5.41) is 3.49. The van der Waals surface area contributed by atoms with Crippen LogP contribution in [-0.2, 0) is 19.4 Å². The number of hydrogen-bond donors (Lipinski definition) is 0. The summed E-state index contributed by atoms with van der Waals surface area (Å²) in [4.78, 5) is 14.3. The van der Waals surface area contributed by atoms with Gasteiger partial charge in [-0.05, 0) is 44.0 Å². The Morgan fingerprint density at radius 2 is 1.91 bits per heavy atom. The minimum Gasteiger partial charge on any atom is -0.467 e. The number of carbonyl (C=O) groups is 1. The minimum atomic E-state index is -3.96. The zero-order valence-electron chi connectivity index (χ0n) is 19.0. The van der Waals surface area contributed by atoms with Gasteiger partial charge in [0.2, 0.25) is 0 Å². The molecule has 0 aliphatic carbocycles. The van der Waals surface area contributed by atoms with Gasteiger partial charge < -0.3 is 9.64 Å². The SMILES string of the molecule is COC(=O)[C@@H]1C[C@@H](S(=O)(=O)c2ccc(F)cc2Cl)CN1c1cc(C)nn1C(C)c1ccccc1. The molecule has 34 heavy (non-hydrogen) atoms. The molecular formula is C24H25ClFN3O4S. The molecule has 3 atom stereocenters. The molecule has 1 saturated heterocycles. The van der Waals surface area contributed by atoms with Crippen LogP contribution in [0, 0.1) is 12.7 Å². The molecular weight excluding hydrogens is 481 g/mol. The number of benzene rings is 2. The van der Waals surface area contributed by atoms with E-state index in [9.17, 15) is 17.6 Å². The van der Waals surface area contributed by atoms with E-state index in [0.717, 1.165) is 29.5 Å². The summed E-state index contributed by atoms with van der Waals surface area (Å²) >= 11 is 6.07.